The molecule has 6 nitrogen and oxygen atoms in total. The van der Waals surface area contributed by atoms with Gasteiger partial charge in [-0.3, -0.25) is 4.90 Å². The number of aryl methyl sites for hydroxylation is 1. The largest absolute Gasteiger partial charge is 0.347 e. The first-order chi connectivity index (χ1) is 12.3. The number of H-pyrrole nitrogens is 1. The molecule has 128 valence electrons. The van der Waals surface area contributed by atoms with Crippen LogP contribution >= 0.6 is 0 Å². The molecule has 25 heavy (non-hydrogen) atoms. The maximum Gasteiger partial charge on any atom is 0.131 e. The van der Waals surface area contributed by atoms with Gasteiger partial charge in [0.15, 0.2) is 0 Å². The molecule has 0 spiro atoms. The van der Waals surface area contributed by atoms with Crippen molar-refractivity contribution in [1.29, 1.82) is 0 Å². The highest BCUT2D eigenvalue weighted by Gasteiger charge is 2.26. The van der Waals surface area contributed by atoms with Crippen molar-refractivity contribution >= 4 is 11.6 Å². The van der Waals surface area contributed by atoms with Crippen LogP contribution in [0.15, 0.2) is 49.1 Å². The van der Waals surface area contributed by atoms with Gasteiger partial charge in [0.2, 0.25) is 0 Å². The van der Waals surface area contributed by atoms with Crippen LogP contribution in [-0.2, 0) is 6.54 Å². The molecule has 3 aromatic rings. The predicted molar refractivity (Wildman–Crippen MR) is 97.5 cm³/mol. The topological polar surface area (TPSA) is 69.7 Å². The molecular weight excluding hydrogens is 312 g/mol. The van der Waals surface area contributed by atoms with Crippen molar-refractivity contribution in [2.24, 2.45) is 0 Å². The molecule has 2 N–H and O–H groups in total. The molecule has 1 atom stereocenters. The zero-order valence-corrected chi connectivity index (χ0v) is 14.3. The van der Waals surface area contributed by atoms with E-state index in [9.17, 15) is 0 Å². The van der Waals surface area contributed by atoms with E-state index in [0.717, 1.165) is 36.1 Å². The van der Waals surface area contributed by atoms with Crippen molar-refractivity contribution in [1.82, 2.24) is 24.8 Å². The number of likely N-dealkylation sites (tertiary alicyclic amines) is 1. The summed E-state index contributed by atoms with van der Waals surface area (Å²) in [6.45, 7) is 3.99. The van der Waals surface area contributed by atoms with Gasteiger partial charge in [-0.25, -0.2) is 15.0 Å². The molecule has 4 heterocycles. The van der Waals surface area contributed by atoms with Crippen LogP contribution in [0.4, 0.5) is 11.6 Å². The van der Waals surface area contributed by atoms with Crippen LogP contribution in [0.25, 0.3) is 0 Å². The van der Waals surface area contributed by atoms with Crippen molar-refractivity contribution in [2.45, 2.75) is 32.4 Å². The molecule has 0 amide bonds. The van der Waals surface area contributed by atoms with E-state index in [2.05, 4.69) is 42.3 Å². The second-order valence-electron chi connectivity index (χ2n) is 6.47. The Bertz CT molecular complexity index is 829. The minimum Gasteiger partial charge on any atom is -0.347 e. The SMILES string of the molecule is Cc1cccc(Nc2cc(C3CCCN3Cc3cnc[nH]3)ccn2)n1. The Balaban J connectivity index is 1.52. The van der Waals surface area contributed by atoms with Crippen LogP contribution in [-0.4, -0.2) is 31.4 Å². The van der Waals surface area contributed by atoms with Gasteiger partial charge in [0, 0.05) is 36.4 Å². The minimum atomic E-state index is 0.414. The fourth-order valence-corrected chi connectivity index (χ4v) is 3.45. The summed E-state index contributed by atoms with van der Waals surface area (Å²) >= 11 is 0. The van der Waals surface area contributed by atoms with Crippen LogP contribution < -0.4 is 5.32 Å². The monoisotopic (exact) mass is 334 g/mol. The van der Waals surface area contributed by atoms with Crippen molar-refractivity contribution in [3.05, 3.63) is 66.0 Å². The number of anilines is 2. The van der Waals surface area contributed by atoms with Gasteiger partial charge >= 0.3 is 0 Å². The van der Waals surface area contributed by atoms with Gasteiger partial charge in [0.1, 0.15) is 11.6 Å². The zero-order chi connectivity index (χ0) is 17.1. The van der Waals surface area contributed by atoms with Gasteiger partial charge < -0.3 is 10.3 Å². The number of rotatable bonds is 5. The summed E-state index contributed by atoms with van der Waals surface area (Å²) in [6, 6.07) is 10.6. The maximum absolute atomic E-state index is 4.49. The highest BCUT2D eigenvalue weighted by Crippen LogP contribution is 2.33. The first-order valence-corrected chi connectivity index (χ1v) is 8.66. The van der Waals surface area contributed by atoms with Gasteiger partial charge in [0.05, 0.1) is 6.33 Å². The number of nitrogens with one attached hydrogen (secondary N) is 2. The van der Waals surface area contributed by atoms with Crippen LogP contribution in [0.3, 0.4) is 0 Å². The lowest BCUT2D eigenvalue weighted by atomic mass is 10.1. The third-order valence-corrected chi connectivity index (χ3v) is 4.61. The van der Waals surface area contributed by atoms with Gasteiger partial charge in [-0.05, 0) is 56.1 Å². The molecule has 6 heteroatoms. The lowest BCUT2D eigenvalue weighted by molar-refractivity contribution is 0.246. The summed E-state index contributed by atoms with van der Waals surface area (Å²) in [4.78, 5) is 18.8. The molecule has 1 fully saturated rings. The van der Waals surface area contributed by atoms with Crippen LogP contribution in [0.1, 0.15) is 35.8 Å². The Morgan fingerprint density at radius 2 is 2.24 bits per heavy atom. The van der Waals surface area contributed by atoms with E-state index in [4.69, 9.17) is 0 Å². The molecule has 1 aliphatic rings. The third-order valence-electron chi connectivity index (χ3n) is 4.61. The van der Waals surface area contributed by atoms with Gasteiger partial charge in [0.25, 0.3) is 0 Å². The van der Waals surface area contributed by atoms with Crippen LogP contribution in [0.2, 0.25) is 0 Å². The summed E-state index contributed by atoms with van der Waals surface area (Å²) in [6.07, 6.45) is 7.89. The Labute approximate surface area is 147 Å². The summed E-state index contributed by atoms with van der Waals surface area (Å²) in [7, 11) is 0. The van der Waals surface area contributed by atoms with E-state index in [1.807, 2.05) is 37.5 Å². The number of pyridine rings is 2. The first-order valence-electron chi connectivity index (χ1n) is 8.66. The molecule has 0 saturated carbocycles. The molecule has 0 aliphatic carbocycles. The predicted octanol–water partition coefficient (Wildman–Crippen LogP) is 3.59. The number of aromatic nitrogens is 4. The lowest BCUT2D eigenvalue weighted by Crippen LogP contribution is -2.23. The van der Waals surface area contributed by atoms with Crippen LogP contribution in [0.5, 0.6) is 0 Å². The summed E-state index contributed by atoms with van der Waals surface area (Å²) in [5, 5.41) is 3.31. The minimum absolute atomic E-state index is 0.414. The van der Waals surface area contributed by atoms with Gasteiger partial charge in [-0.15, -0.1) is 0 Å². The highest BCUT2D eigenvalue weighted by molar-refractivity contribution is 5.52. The normalized spacial score (nSPS) is 17.7. The van der Waals surface area contributed by atoms with Crippen molar-refractivity contribution < 1.29 is 0 Å². The average Bonchev–Trinajstić information content (AvgIpc) is 3.27. The number of nitrogens with zero attached hydrogens (tertiary/aromatic N) is 4. The molecule has 0 radical (unpaired) electrons. The maximum atomic E-state index is 4.49. The quantitative estimate of drug-likeness (QED) is 0.746. The average molecular weight is 334 g/mol. The number of imidazole rings is 1. The van der Waals surface area contributed by atoms with E-state index >= 15 is 0 Å². The molecule has 0 aromatic carbocycles. The second kappa shape index (κ2) is 7.03. The Kier molecular flexibility index (Phi) is 4.43. The molecule has 4 rings (SSSR count). The van der Waals surface area contributed by atoms with E-state index < -0.39 is 0 Å². The van der Waals surface area contributed by atoms with E-state index in [1.165, 1.54) is 18.4 Å². The van der Waals surface area contributed by atoms with E-state index in [-0.39, 0.29) is 0 Å². The smallest absolute Gasteiger partial charge is 0.131 e. The molecule has 1 saturated heterocycles. The second-order valence-corrected chi connectivity index (χ2v) is 6.47. The summed E-state index contributed by atoms with van der Waals surface area (Å²) in [5.74, 6) is 1.66. The van der Waals surface area contributed by atoms with Gasteiger partial charge in [-0.2, -0.15) is 0 Å². The molecule has 1 aliphatic heterocycles. The van der Waals surface area contributed by atoms with Gasteiger partial charge in [-0.1, -0.05) is 6.07 Å². The van der Waals surface area contributed by atoms with Crippen LogP contribution in [0, 0.1) is 6.92 Å². The molecule has 0 bridgehead atoms. The third kappa shape index (κ3) is 3.69. The first kappa shape index (κ1) is 15.8. The molecular formula is C19H22N6. The zero-order valence-electron chi connectivity index (χ0n) is 14.3. The summed E-state index contributed by atoms with van der Waals surface area (Å²) in [5.41, 5.74) is 3.44. The highest BCUT2D eigenvalue weighted by atomic mass is 15.2. The number of hydrogen-bond acceptors (Lipinski definition) is 5. The van der Waals surface area contributed by atoms with Crippen molar-refractivity contribution in [3.63, 3.8) is 0 Å². The fourth-order valence-electron chi connectivity index (χ4n) is 3.45. The number of aromatic amines is 1. The van der Waals surface area contributed by atoms with Crippen molar-refractivity contribution in [2.75, 3.05) is 11.9 Å². The Morgan fingerprint density at radius 3 is 3.08 bits per heavy atom. The molecule has 1 unspecified atom stereocenters. The Morgan fingerprint density at radius 1 is 1.28 bits per heavy atom. The van der Waals surface area contributed by atoms with E-state index in [0.29, 0.717) is 6.04 Å². The van der Waals surface area contributed by atoms with E-state index in [1.54, 1.807) is 6.33 Å². The summed E-state index contributed by atoms with van der Waals surface area (Å²) < 4.78 is 0. The number of hydrogen-bond donors (Lipinski definition) is 2. The van der Waals surface area contributed by atoms with Crippen molar-refractivity contribution in [3.8, 4) is 0 Å². The lowest BCUT2D eigenvalue weighted by Gasteiger charge is -2.24. The fraction of sp³-hybridized carbons (Fsp3) is 0.316. The standard InChI is InChI=1S/C19H22N6/c1-14-4-2-6-18(23-14)24-19-10-15(7-8-21-19)17-5-3-9-25(17)12-16-11-20-13-22-16/h2,4,6-8,10-11,13,17H,3,5,9,12H2,1H3,(H,20,22)(H,21,23,24). The Hall–Kier alpha value is -2.73. The molecule has 3 aromatic heterocycles.